The van der Waals surface area contributed by atoms with Crippen molar-refractivity contribution < 1.29 is 4.74 Å². The average molecular weight is 337 g/mol. The van der Waals surface area contributed by atoms with Gasteiger partial charge in [-0.05, 0) is 11.6 Å². The van der Waals surface area contributed by atoms with Gasteiger partial charge in [-0.2, -0.15) is 5.10 Å². The van der Waals surface area contributed by atoms with E-state index in [0.717, 1.165) is 45.2 Å². The Balaban J connectivity index is 1.38. The molecule has 1 aliphatic rings. The van der Waals surface area contributed by atoms with Crippen LogP contribution in [0.5, 0.6) is 0 Å². The van der Waals surface area contributed by atoms with Crippen LogP contribution in [0.3, 0.4) is 0 Å². The first-order valence-electron chi connectivity index (χ1n) is 8.72. The summed E-state index contributed by atoms with van der Waals surface area (Å²) in [6.07, 6.45) is 7.91. The number of aromatic nitrogens is 4. The lowest BCUT2D eigenvalue weighted by atomic mass is 10.2. The molecule has 3 aromatic rings. The van der Waals surface area contributed by atoms with Gasteiger partial charge in [0.15, 0.2) is 0 Å². The number of ether oxygens (including phenoxy) is 1. The maximum absolute atomic E-state index is 5.90. The van der Waals surface area contributed by atoms with E-state index in [4.69, 9.17) is 4.74 Å². The Bertz CT molecular complexity index is 768. The Morgan fingerprint density at radius 2 is 1.96 bits per heavy atom. The summed E-state index contributed by atoms with van der Waals surface area (Å²) in [5.41, 5.74) is 1.29. The van der Waals surface area contributed by atoms with E-state index in [2.05, 4.69) is 50.0 Å². The number of imidazole rings is 1. The van der Waals surface area contributed by atoms with Crippen LogP contribution in [0, 0.1) is 0 Å². The van der Waals surface area contributed by atoms with Crippen LogP contribution in [-0.2, 0) is 24.4 Å². The molecule has 0 amide bonds. The van der Waals surface area contributed by atoms with Gasteiger partial charge in [-0.15, -0.1) is 0 Å². The van der Waals surface area contributed by atoms with E-state index in [1.165, 1.54) is 5.56 Å². The molecule has 0 aliphatic carbocycles. The number of nitrogens with zero attached hydrogens (tertiary/aromatic N) is 5. The highest BCUT2D eigenvalue weighted by Crippen LogP contribution is 2.12. The summed E-state index contributed by atoms with van der Waals surface area (Å²) in [5, 5.41) is 4.27. The highest BCUT2D eigenvalue weighted by atomic mass is 16.5. The van der Waals surface area contributed by atoms with E-state index in [-0.39, 0.29) is 6.10 Å². The van der Waals surface area contributed by atoms with Gasteiger partial charge >= 0.3 is 0 Å². The fraction of sp³-hybridized carbons (Fsp3) is 0.368. The van der Waals surface area contributed by atoms with Gasteiger partial charge in [0.25, 0.3) is 0 Å². The summed E-state index contributed by atoms with van der Waals surface area (Å²) in [6.45, 7) is 5.09. The summed E-state index contributed by atoms with van der Waals surface area (Å²) < 4.78 is 10.1. The molecule has 1 aliphatic heterocycles. The first kappa shape index (κ1) is 16.1. The Morgan fingerprint density at radius 1 is 1.04 bits per heavy atom. The number of benzene rings is 1. The molecular weight excluding hydrogens is 314 g/mol. The van der Waals surface area contributed by atoms with Crippen molar-refractivity contribution in [2.45, 2.75) is 25.7 Å². The standard InChI is InChI=1S/C19H23N5O/c1-2-5-17(6-3-1)13-23-10-8-20-19(23)16-22-11-12-25-18(14-22)15-24-9-4-7-21-24/h1-10,18H,11-16H2/t18-/m0/s1. The lowest BCUT2D eigenvalue weighted by molar-refractivity contribution is -0.0411. The van der Waals surface area contributed by atoms with E-state index in [0.29, 0.717) is 0 Å². The predicted molar refractivity (Wildman–Crippen MR) is 95.0 cm³/mol. The van der Waals surface area contributed by atoms with E-state index in [9.17, 15) is 0 Å². The van der Waals surface area contributed by atoms with E-state index in [1.807, 2.05) is 29.2 Å². The van der Waals surface area contributed by atoms with Gasteiger partial charge in [-0.3, -0.25) is 9.58 Å². The van der Waals surface area contributed by atoms with Crippen molar-refractivity contribution in [2.75, 3.05) is 19.7 Å². The summed E-state index contributed by atoms with van der Waals surface area (Å²) in [7, 11) is 0. The minimum atomic E-state index is 0.172. The molecule has 0 radical (unpaired) electrons. The van der Waals surface area contributed by atoms with Crippen molar-refractivity contribution >= 4 is 0 Å². The molecule has 4 rings (SSSR count). The second kappa shape index (κ2) is 7.63. The minimum Gasteiger partial charge on any atom is -0.374 e. The summed E-state index contributed by atoms with van der Waals surface area (Å²) >= 11 is 0. The van der Waals surface area contributed by atoms with Crippen molar-refractivity contribution in [3.05, 3.63) is 72.6 Å². The topological polar surface area (TPSA) is 48.1 Å². The fourth-order valence-electron chi connectivity index (χ4n) is 3.27. The molecule has 6 nitrogen and oxygen atoms in total. The SMILES string of the molecule is c1ccc(Cn2ccnc2CN2CCO[C@H](Cn3cccn3)C2)cc1. The van der Waals surface area contributed by atoms with Gasteiger partial charge in [-0.25, -0.2) is 4.98 Å². The fourth-order valence-corrected chi connectivity index (χ4v) is 3.27. The highest BCUT2D eigenvalue weighted by Gasteiger charge is 2.22. The predicted octanol–water partition coefficient (Wildman–Crippen LogP) is 2.03. The molecule has 1 fully saturated rings. The minimum absolute atomic E-state index is 0.172. The van der Waals surface area contributed by atoms with Gasteiger partial charge in [0.2, 0.25) is 0 Å². The molecule has 3 heterocycles. The van der Waals surface area contributed by atoms with Crippen molar-refractivity contribution in [1.29, 1.82) is 0 Å². The molecule has 0 spiro atoms. The maximum Gasteiger partial charge on any atom is 0.123 e. The van der Waals surface area contributed by atoms with Gasteiger partial charge in [-0.1, -0.05) is 30.3 Å². The van der Waals surface area contributed by atoms with Gasteiger partial charge < -0.3 is 9.30 Å². The Morgan fingerprint density at radius 3 is 2.80 bits per heavy atom. The van der Waals surface area contributed by atoms with Crippen LogP contribution < -0.4 is 0 Å². The van der Waals surface area contributed by atoms with Crippen LogP contribution in [0.2, 0.25) is 0 Å². The Hall–Kier alpha value is -2.44. The Kier molecular flexibility index (Phi) is 4.90. The van der Waals surface area contributed by atoms with Crippen molar-refractivity contribution in [1.82, 2.24) is 24.2 Å². The van der Waals surface area contributed by atoms with Crippen molar-refractivity contribution in [3.63, 3.8) is 0 Å². The molecule has 0 unspecified atom stereocenters. The van der Waals surface area contributed by atoms with Gasteiger partial charge in [0.05, 0.1) is 25.8 Å². The number of rotatable bonds is 6. The molecule has 6 heteroatoms. The van der Waals surface area contributed by atoms with Crippen LogP contribution >= 0.6 is 0 Å². The first-order chi connectivity index (χ1) is 12.4. The highest BCUT2D eigenvalue weighted by molar-refractivity contribution is 5.15. The molecule has 1 saturated heterocycles. The smallest absolute Gasteiger partial charge is 0.123 e. The van der Waals surface area contributed by atoms with Crippen LogP contribution in [0.4, 0.5) is 0 Å². The largest absolute Gasteiger partial charge is 0.374 e. The molecule has 130 valence electrons. The summed E-state index contributed by atoms with van der Waals surface area (Å²) in [4.78, 5) is 6.99. The molecular formula is C19H23N5O. The van der Waals surface area contributed by atoms with Crippen LogP contribution in [0.25, 0.3) is 0 Å². The summed E-state index contributed by atoms with van der Waals surface area (Å²) in [5.74, 6) is 1.10. The second-order valence-electron chi connectivity index (χ2n) is 6.41. The van der Waals surface area contributed by atoms with Gasteiger partial charge in [0.1, 0.15) is 5.82 Å². The van der Waals surface area contributed by atoms with E-state index < -0.39 is 0 Å². The average Bonchev–Trinajstić information content (AvgIpc) is 3.29. The van der Waals surface area contributed by atoms with Crippen LogP contribution in [0.1, 0.15) is 11.4 Å². The molecule has 2 aromatic heterocycles. The van der Waals surface area contributed by atoms with Crippen LogP contribution in [0.15, 0.2) is 61.2 Å². The number of morpholine rings is 1. The van der Waals surface area contributed by atoms with E-state index >= 15 is 0 Å². The molecule has 1 atom stereocenters. The Labute approximate surface area is 147 Å². The molecule has 1 aromatic carbocycles. The zero-order valence-electron chi connectivity index (χ0n) is 14.2. The molecule has 0 saturated carbocycles. The quantitative estimate of drug-likeness (QED) is 0.691. The third kappa shape index (κ3) is 4.15. The normalized spacial score (nSPS) is 18.5. The molecule has 0 N–H and O–H groups in total. The monoisotopic (exact) mass is 337 g/mol. The van der Waals surface area contributed by atoms with Crippen molar-refractivity contribution in [2.24, 2.45) is 0 Å². The summed E-state index contributed by atoms with van der Waals surface area (Å²) in [6, 6.07) is 12.5. The first-order valence-corrected chi connectivity index (χ1v) is 8.72. The maximum atomic E-state index is 5.90. The third-order valence-electron chi connectivity index (χ3n) is 4.54. The van der Waals surface area contributed by atoms with Gasteiger partial charge in [0, 0.05) is 44.4 Å². The molecule has 25 heavy (non-hydrogen) atoms. The second-order valence-corrected chi connectivity index (χ2v) is 6.41. The lowest BCUT2D eigenvalue weighted by Crippen LogP contribution is -2.44. The van der Waals surface area contributed by atoms with Crippen molar-refractivity contribution in [3.8, 4) is 0 Å². The zero-order chi connectivity index (χ0) is 16.9. The number of hydrogen-bond donors (Lipinski definition) is 0. The zero-order valence-corrected chi connectivity index (χ0v) is 14.2. The van der Waals surface area contributed by atoms with E-state index in [1.54, 1.807) is 6.20 Å². The molecule has 0 bridgehead atoms. The number of hydrogen-bond acceptors (Lipinski definition) is 4. The third-order valence-corrected chi connectivity index (χ3v) is 4.54. The van der Waals surface area contributed by atoms with Crippen LogP contribution in [-0.4, -0.2) is 50.0 Å². The lowest BCUT2D eigenvalue weighted by Gasteiger charge is -2.32.